The van der Waals surface area contributed by atoms with Crippen LogP contribution >= 0.6 is 0 Å². The topological polar surface area (TPSA) is 78.4 Å². The van der Waals surface area contributed by atoms with E-state index in [9.17, 15) is 19.1 Å². The van der Waals surface area contributed by atoms with Gasteiger partial charge in [0, 0.05) is 12.5 Å². The third-order valence-corrected chi connectivity index (χ3v) is 3.97. The molecule has 0 aliphatic heterocycles. The maximum Gasteiger partial charge on any atom is 0.313 e. The number of hydrogen-bond donors (Lipinski definition) is 3. The number of nitrogens with one attached hydrogen (secondary N) is 2. The zero-order chi connectivity index (χ0) is 16.1. The summed E-state index contributed by atoms with van der Waals surface area (Å²) >= 11 is 0. The molecule has 2 unspecified atom stereocenters. The van der Waals surface area contributed by atoms with Crippen LogP contribution in [0, 0.1) is 18.7 Å². The van der Waals surface area contributed by atoms with Crippen molar-refractivity contribution in [1.29, 1.82) is 0 Å². The average Bonchev–Trinajstić information content (AvgIpc) is 2.49. The number of carbonyl (C=O) groups is 2. The highest BCUT2D eigenvalue weighted by Crippen LogP contribution is 2.23. The number of halogens is 1. The van der Waals surface area contributed by atoms with Gasteiger partial charge in [0.15, 0.2) is 0 Å². The van der Waals surface area contributed by atoms with Crippen LogP contribution in [0.3, 0.4) is 0 Å². The van der Waals surface area contributed by atoms with Crippen molar-refractivity contribution in [3.8, 4) is 0 Å². The van der Waals surface area contributed by atoms with E-state index < -0.39 is 23.7 Å². The number of anilines is 1. The molecule has 2 rings (SSSR count). The Balaban J connectivity index is 1.86. The van der Waals surface area contributed by atoms with Crippen molar-refractivity contribution < 1.29 is 19.1 Å². The first-order chi connectivity index (χ1) is 10.5. The predicted octanol–water partition coefficient (Wildman–Crippen LogP) is 1.74. The molecule has 120 valence electrons. The third kappa shape index (κ3) is 4.27. The van der Waals surface area contributed by atoms with E-state index in [1.807, 2.05) is 0 Å². The van der Waals surface area contributed by atoms with Crippen LogP contribution in [0.4, 0.5) is 10.1 Å². The summed E-state index contributed by atoms with van der Waals surface area (Å²) in [6, 6.07) is 4.28. The van der Waals surface area contributed by atoms with Gasteiger partial charge in [0.05, 0.1) is 11.8 Å². The molecule has 1 aliphatic rings. The summed E-state index contributed by atoms with van der Waals surface area (Å²) in [5.41, 5.74) is 0.764. The van der Waals surface area contributed by atoms with Crippen LogP contribution in [0.5, 0.6) is 0 Å². The summed E-state index contributed by atoms with van der Waals surface area (Å²) in [6.45, 7) is 2.02. The smallest absolute Gasteiger partial charge is 0.313 e. The Morgan fingerprint density at radius 3 is 2.73 bits per heavy atom. The van der Waals surface area contributed by atoms with E-state index in [0.29, 0.717) is 0 Å². The van der Waals surface area contributed by atoms with Gasteiger partial charge < -0.3 is 15.7 Å². The van der Waals surface area contributed by atoms with E-state index in [0.717, 1.165) is 31.2 Å². The Hall–Kier alpha value is -1.95. The summed E-state index contributed by atoms with van der Waals surface area (Å²) < 4.78 is 13.5. The standard InChI is InChI=1S/C16H21FN2O3/c1-10-6-7-12(17)13(8-10)19-16(22)15(21)18-9-11-4-2-3-5-14(11)20/h6-8,11,14,20H,2-5,9H2,1H3,(H,18,21)(H,19,22). The zero-order valence-corrected chi connectivity index (χ0v) is 12.6. The fraction of sp³-hybridized carbons (Fsp3) is 0.500. The van der Waals surface area contributed by atoms with E-state index in [-0.39, 0.29) is 18.2 Å². The highest BCUT2D eigenvalue weighted by molar-refractivity contribution is 6.39. The van der Waals surface area contributed by atoms with Gasteiger partial charge in [-0.1, -0.05) is 18.9 Å². The van der Waals surface area contributed by atoms with Crippen molar-refractivity contribution in [2.24, 2.45) is 5.92 Å². The van der Waals surface area contributed by atoms with E-state index in [4.69, 9.17) is 0 Å². The summed E-state index contributed by atoms with van der Waals surface area (Å²) in [5, 5.41) is 14.6. The highest BCUT2D eigenvalue weighted by atomic mass is 19.1. The average molecular weight is 308 g/mol. The van der Waals surface area contributed by atoms with E-state index >= 15 is 0 Å². The lowest BCUT2D eigenvalue weighted by Crippen LogP contribution is -2.41. The molecule has 0 bridgehead atoms. The zero-order valence-electron chi connectivity index (χ0n) is 12.6. The number of carbonyl (C=O) groups excluding carboxylic acids is 2. The number of amides is 2. The minimum Gasteiger partial charge on any atom is -0.393 e. The first-order valence-electron chi connectivity index (χ1n) is 7.51. The van der Waals surface area contributed by atoms with Crippen LogP contribution in [-0.4, -0.2) is 29.6 Å². The largest absolute Gasteiger partial charge is 0.393 e. The lowest BCUT2D eigenvalue weighted by Gasteiger charge is -2.27. The van der Waals surface area contributed by atoms with E-state index in [1.165, 1.54) is 12.1 Å². The van der Waals surface area contributed by atoms with Gasteiger partial charge in [-0.05, 0) is 37.5 Å². The van der Waals surface area contributed by atoms with Crippen molar-refractivity contribution in [2.75, 3.05) is 11.9 Å². The summed E-state index contributed by atoms with van der Waals surface area (Å²) in [5.74, 6) is -2.34. The fourth-order valence-corrected chi connectivity index (χ4v) is 2.64. The molecule has 2 amide bonds. The molecule has 6 heteroatoms. The number of benzene rings is 1. The normalized spacial score (nSPS) is 21.2. The van der Waals surface area contributed by atoms with Gasteiger partial charge in [-0.15, -0.1) is 0 Å². The number of aliphatic hydroxyl groups is 1. The molecule has 3 N–H and O–H groups in total. The summed E-state index contributed by atoms with van der Waals surface area (Å²) in [7, 11) is 0. The van der Waals surface area contributed by atoms with E-state index in [2.05, 4.69) is 10.6 Å². The maximum atomic E-state index is 13.5. The van der Waals surface area contributed by atoms with Crippen molar-refractivity contribution in [3.05, 3.63) is 29.6 Å². The Morgan fingerprint density at radius 2 is 2.00 bits per heavy atom. The molecular weight excluding hydrogens is 287 g/mol. The second kappa shape index (κ2) is 7.35. The third-order valence-electron chi connectivity index (χ3n) is 3.97. The maximum absolute atomic E-state index is 13.5. The van der Waals surface area contributed by atoms with Gasteiger partial charge in [-0.25, -0.2) is 4.39 Å². The SMILES string of the molecule is Cc1ccc(F)c(NC(=O)C(=O)NCC2CCCCC2O)c1. The van der Waals surface area contributed by atoms with Crippen molar-refractivity contribution in [2.45, 2.75) is 38.7 Å². The number of aliphatic hydroxyl groups excluding tert-OH is 1. The molecule has 2 atom stereocenters. The van der Waals surface area contributed by atoms with Crippen LogP contribution in [0.25, 0.3) is 0 Å². The van der Waals surface area contributed by atoms with Gasteiger partial charge in [0.25, 0.3) is 0 Å². The lowest BCUT2D eigenvalue weighted by molar-refractivity contribution is -0.136. The molecular formula is C16H21FN2O3. The molecule has 1 aromatic rings. The lowest BCUT2D eigenvalue weighted by atomic mass is 9.86. The number of aryl methyl sites for hydroxylation is 1. The van der Waals surface area contributed by atoms with Crippen LogP contribution < -0.4 is 10.6 Å². The Morgan fingerprint density at radius 1 is 1.27 bits per heavy atom. The van der Waals surface area contributed by atoms with Crippen LogP contribution in [0.15, 0.2) is 18.2 Å². The molecule has 1 aliphatic carbocycles. The first-order valence-corrected chi connectivity index (χ1v) is 7.51. The number of hydrogen-bond acceptors (Lipinski definition) is 3. The number of rotatable bonds is 3. The fourth-order valence-electron chi connectivity index (χ4n) is 2.64. The van der Waals surface area contributed by atoms with Gasteiger partial charge in [-0.2, -0.15) is 0 Å². The Kier molecular flexibility index (Phi) is 5.49. The van der Waals surface area contributed by atoms with Gasteiger partial charge in [0.2, 0.25) is 0 Å². The Bertz CT molecular complexity index is 562. The molecule has 1 fully saturated rings. The second-order valence-corrected chi connectivity index (χ2v) is 5.76. The summed E-state index contributed by atoms with van der Waals surface area (Å²) in [4.78, 5) is 23.5. The van der Waals surface area contributed by atoms with Gasteiger partial charge in [0.1, 0.15) is 5.82 Å². The molecule has 0 aromatic heterocycles. The minimum absolute atomic E-state index is 0.0159. The first kappa shape index (κ1) is 16.4. The molecule has 0 spiro atoms. The summed E-state index contributed by atoms with van der Waals surface area (Å²) in [6.07, 6.45) is 3.11. The minimum atomic E-state index is -0.908. The predicted molar refractivity (Wildman–Crippen MR) is 80.7 cm³/mol. The van der Waals surface area contributed by atoms with E-state index in [1.54, 1.807) is 13.0 Å². The molecule has 0 radical (unpaired) electrons. The quantitative estimate of drug-likeness (QED) is 0.744. The van der Waals surface area contributed by atoms with Crippen molar-refractivity contribution >= 4 is 17.5 Å². The van der Waals surface area contributed by atoms with Gasteiger partial charge >= 0.3 is 11.8 Å². The molecule has 22 heavy (non-hydrogen) atoms. The van der Waals surface area contributed by atoms with Crippen molar-refractivity contribution in [1.82, 2.24) is 5.32 Å². The van der Waals surface area contributed by atoms with Gasteiger partial charge in [-0.3, -0.25) is 9.59 Å². The molecule has 0 heterocycles. The van der Waals surface area contributed by atoms with Crippen LogP contribution in [0.1, 0.15) is 31.2 Å². The molecule has 1 aromatic carbocycles. The molecule has 1 saturated carbocycles. The monoisotopic (exact) mass is 308 g/mol. The van der Waals surface area contributed by atoms with Crippen LogP contribution in [-0.2, 0) is 9.59 Å². The van der Waals surface area contributed by atoms with Crippen molar-refractivity contribution in [3.63, 3.8) is 0 Å². The van der Waals surface area contributed by atoms with Crippen LogP contribution in [0.2, 0.25) is 0 Å². The highest BCUT2D eigenvalue weighted by Gasteiger charge is 2.24. The second-order valence-electron chi connectivity index (χ2n) is 5.76. The Labute approximate surface area is 128 Å². The molecule has 5 nitrogen and oxygen atoms in total. The molecule has 0 saturated heterocycles.